The van der Waals surface area contributed by atoms with E-state index in [4.69, 9.17) is 14.5 Å². The summed E-state index contributed by atoms with van der Waals surface area (Å²) in [6.07, 6.45) is 9.34. The normalized spacial score (nSPS) is 14.9. The average molecular weight is 527 g/mol. The molecule has 2 atom stereocenters. The zero-order valence-corrected chi connectivity index (χ0v) is 24.0. The predicted molar refractivity (Wildman–Crippen MR) is 152 cm³/mol. The number of aryl methyl sites for hydroxylation is 3. The molecule has 9 heteroatoms. The van der Waals surface area contributed by atoms with Crippen LogP contribution in [0.4, 0.5) is 11.6 Å². The third-order valence-electron chi connectivity index (χ3n) is 6.53. The van der Waals surface area contributed by atoms with Gasteiger partial charge in [0.2, 0.25) is 0 Å². The predicted octanol–water partition coefficient (Wildman–Crippen LogP) is 4.41. The van der Waals surface area contributed by atoms with Crippen LogP contribution in [0.1, 0.15) is 70.3 Å². The largest absolute Gasteiger partial charge is 0.458 e. The molecule has 2 unspecified atom stereocenters. The first-order valence-corrected chi connectivity index (χ1v) is 13.9. The number of esters is 1. The Bertz CT molecular complexity index is 1030. The lowest BCUT2D eigenvalue weighted by Crippen LogP contribution is -2.41. The molecule has 3 heterocycles. The number of methoxy groups -OCH3 is 1. The molecule has 0 radical (unpaired) electrons. The molecule has 0 bridgehead atoms. The van der Waals surface area contributed by atoms with Crippen LogP contribution in [-0.4, -0.2) is 76.9 Å². The summed E-state index contributed by atoms with van der Waals surface area (Å²) in [7, 11) is 1.74. The molecule has 2 aromatic heterocycles. The zero-order valence-electron chi connectivity index (χ0n) is 24.0. The third kappa shape index (κ3) is 10.2. The summed E-state index contributed by atoms with van der Waals surface area (Å²) in [5.41, 5.74) is 2.69. The molecule has 0 saturated heterocycles. The first-order chi connectivity index (χ1) is 18.1. The molecular formula is C29H46N6O3. The Morgan fingerprint density at radius 2 is 2.00 bits per heavy atom. The average Bonchev–Trinajstić information content (AvgIpc) is 2.87. The SMILES string of the molecule is COC(C)CN(CCCCc1ccc2c(n1)NCCC2)CCC(Nc1cncc(C)n1)C(=O)OC(C)(C)C. The maximum absolute atomic E-state index is 13.1. The Kier molecular flexibility index (Phi) is 11.3. The Morgan fingerprint density at radius 1 is 1.18 bits per heavy atom. The number of fused-ring (bicyclic) bond motifs is 1. The number of rotatable bonds is 14. The first kappa shape index (κ1) is 29.8. The highest BCUT2D eigenvalue weighted by atomic mass is 16.6. The Balaban J connectivity index is 1.58. The third-order valence-corrected chi connectivity index (χ3v) is 6.53. The van der Waals surface area contributed by atoms with Crippen LogP contribution in [0.15, 0.2) is 24.5 Å². The van der Waals surface area contributed by atoms with Crippen molar-refractivity contribution < 1.29 is 14.3 Å². The van der Waals surface area contributed by atoms with Gasteiger partial charge in [-0.05, 0) is 91.3 Å². The number of hydrogen-bond donors (Lipinski definition) is 2. The number of hydrogen-bond acceptors (Lipinski definition) is 9. The Morgan fingerprint density at radius 3 is 2.74 bits per heavy atom. The first-order valence-electron chi connectivity index (χ1n) is 13.9. The van der Waals surface area contributed by atoms with E-state index in [0.717, 1.165) is 69.1 Å². The number of nitrogens with one attached hydrogen (secondary N) is 2. The van der Waals surface area contributed by atoms with Crippen molar-refractivity contribution in [3.63, 3.8) is 0 Å². The fraction of sp³-hybridized carbons (Fsp3) is 0.655. The van der Waals surface area contributed by atoms with Crippen molar-refractivity contribution in [2.75, 3.05) is 43.9 Å². The Labute approximate surface area is 228 Å². The van der Waals surface area contributed by atoms with Gasteiger partial charge in [0.05, 0.1) is 18.0 Å². The lowest BCUT2D eigenvalue weighted by Gasteiger charge is -2.29. The minimum Gasteiger partial charge on any atom is -0.458 e. The van der Waals surface area contributed by atoms with Crippen molar-refractivity contribution in [3.8, 4) is 0 Å². The summed E-state index contributed by atoms with van der Waals surface area (Å²) in [6, 6.07) is 3.86. The highest BCUT2D eigenvalue weighted by molar-refractivity contribution is 5.79. The van der Waals surface area contributed by atoms with Gasteiger partial charge in [0.25, 0.3) is 0 Å². The maximum atomic E-state index is 13.1. The van der Waals surface area contributed by atoms with Crippen LogP contribution in [0.3, 0.4) is 0 Å². The van der Waals surface area contributed by atoms with Crippen molar-refractivity contribution in [1.82, 2.24) is 19.9 Å². The summed E-state index contributed by atoms with van der Waals surface area (Å²) in [5.74, 6) is 1.35. The quantitative estimate of drug-likeness (QED) is 0.274. The zero-order chi connectivity index (χ0) is 27.5. The summed E-state index contributed by atoms with van der Waals surface area (Å²) in [4.78, 5) is 28.9. The van der Waals surface area contributed by atoms with E-state index in [1.54, 1.807) is 19.5 Å². The molecule has 0 amide bonds. The number of nitrogens with zero attached hydrogens (tertiary/aromatic N) is 4. The number of aromatic nitrogens is 3. The highest BCUT2D eigenvalue weighted by Gasteiger charge is 2.26. The fourth-order valence-corrected chi connectivity index (χ4v) is 4.53. The van der Waals surface area contributed by atoms with Gasteiger partial charge in [-0.25, -0.2) is 14.8 Å². The van der Waals surface area contributed by atoms with Crippen molar-refractivity contribution in [2.45, 2.75) is 90.9 Å². The second-order valence-electron chi connectivity index (χ2n) is 11.2. The number of pyridine rings is 1. The van der Waals surface area contributed by atoms with Crippen LogP contribution in [0.2, 0.25) is 0 Å². The van der Waals surface area contributed by atoms with Gasteiger partial charge in [-0.3, -0.25) is 4.98 Å². The van der Waals surface area contributed by atoms with Gasteiger partial charge in [-0.15, -0.1) is 0 Å². The van der Waals surface area contributed by atoms with E-state index in [1.807, 2.05) is 27.7 Å². The number of carbonyl (C=O) groups is 1. The van der Waals surface area contributed by atoms with E-state index in [1.165, 1.54) is 12.0 Å². The number of ether oxygens (including phenoxy) is 2. The minimum atomic E-state index is -0.570. The molecule has 0 aromatic carbocycles. The molecule has 3 rings (SSSR count). The van der Waals surface area contributed by atoms with E-state index in [9.17, 15) is 4.79 Å². The molecule has 0 saturated carbocycles. The van der Waals surface area contributed by atoms with Crippen LogP contribution in [0.25, 0.3) is 0 Å². The molecule has 38 heavy (non-hydrogen) atoms. The monoisotopic (exact) mass is 526 g/mol. The fourth-order valence-electron chi connectivity index (χ4n) is 4.53. The molecule has 0 fully saturated rings. The van der Waals surface area contributed by atoms with Gasteiger partial charge < -0.3 is 25.0 Å². The van der Waals surface area contributed by atoms with Crippen LogP contribution in [0.5, 0.6) is 0 Å². The number of anilines is 2. The second kappa shape index (κ2) is 14.4. The summed E-state index contributed by atoms with van der Waals surface area (Å²) >= 11 is 0. The lowest BCUT2D eigenvalue weighted by molar-refractivity contribution is -0.156. The molecule has 9 nitrogen and oxygen atoms in total. The summed E-state index contributed by atoms with van der Waals surface area (Å²) in [6.45, 7) is 13.0. The van der Waals surface area contributed by atoms with Crippen molar-refractivity contribution in [2.24, 2.45) is 0 Å². The Hall–Kier alpha value is -2.78. The molecule has 1 aliphatic rings. The van der Waals surface area contributed by atoms with Crippen LogP contribution >= 0.6 is 0 Å². The van der Waals surface area contributed by atoms with E-state index < -0.39 is 11.6 Å². The standard InChI is InChI=1S/C29H46N6O3/c1-21-18-30-19-26(32-21)34-25(28(36)38-29(3,4)5)14-17-35(20-22(2)37-6)16-8-7-11-24-13-12-23-10-9-15-31-27(23)33-24/h12-13,18-19,22,25H,7-11,14-17,20H2,1-6H3,(H,31,33)(H,32,34). The van der Waals surface area contributed by atoms with E-state index in [0.29, 0.717) is 12.2 Å². The topological polar surface area (TPSA) is 102 Å². The van der Waals surface area contributed by atoms with Gasteiger partial charge in [-0.2, -0.15) is 0 Å². The lowest BCUT2D eigenvalue weighted by atomic mass is 10.1. The highest BCUT2D eigenvalue weighted by Crippen LogP contribution is 2.20. The second-order valence-corrected chi connectivity index (χ2v) is 11.2. The van der Waals surface area contributed by atoms with Crippen LogP contribution in [-0.2, 0) is 27.1 Å². The smallest absolute Gasteiger partial charge is 0.329 e. The molecule has 0 spiro atoms. The summed E-state index contributed by atoms with van der Waals surface area (Å²) in [5, 5.41) is 6.68. The molecule has 0 aliphatic carbocycles. The van der Waals surface area contributed by atoms with Crippen LogP contribution in [0, 0.1) is 6.92 Å². The van der Waals surface area contributed by atoms with Gasteiger partial charge in [0, 0.05) is 38.6 Å². The molecule has 210 valence electrons. The van der Waals surface area contributed by atoms with Crippen molar-refractivity contribution in [3.05, 3.63) is 41.5 Å². The minimum absolute atomic E-state index is 0.0963. The molecule has 2 N–H and O–H groups in total. The van der Waals surface area contributed by atoms with E-state index in [2.05, 4.69) is 44.6 Å². The van der Waals surface area contributed by atoms with Crippen LogP contribution < -0.4 is 10.6 Å². The maximum Gasteiger partial charge on any atom is 0.329 e. The van der Waals surface area contributed by atoms with Gasteiger partial charge in [0.15, 0.2) is 0 Å². The van der Waals surface area contributed by atoms with Crippen molar-refractivity contribution in [1.29, 1.82) is 0 Å². The number of carbonyl (C=O) groups excluding carboxylic acids is 1. The van der Waals surface area contributed by atoms with E-state index >= 15 is 0 Å². The van der Waals surface area contributed by atoms with Gasteiger partial charge in [-0.1, -0.05) is 6.07 Å². The molecular weight excluding hydrogens is 480 g/mol. The van der Waals surface area contributed by atoms with Gasteiger partial charge in [0.1, 0.15) is 23.3 Å². The van der Waals surface area contributed by atoms with E-state index in [-0.39, 0.29) is 12.1 Å². The molecule has 1 aliphatic heterocycles. The number of unbranched alkanes of at least 4 members (excludes halogenated alkanes) is 1. The summed E-state index contributed by atoms with van der Waals surface area (Å²) < 4.78 is 11.3. The molecule has 2 aromatic rings. The van der Waals surface area contributed by atoms with Crippen molar-refractivity contribution >= 4 is 17.6 Å². The van der Waals surface area contributed by atoms with Gasteiger partial charge >= 0.3 is 5.97 Å².